The summed E-state index contributed by atoms with van der Waals surface area (Å²) < 4.78 is 5.53. The molecule has 0 aromatic heterocycles. The summed E-state index contributed by atoms with van der Waals surface area (Å²) in [6, 6.07) is 13.3. The first-order chi connectivity index (χ1) is 16.5. The molecule has 0 saturated heterocycles. The van der Waals surface area contributed by atoms with E-state index < -0.39 is 11.8 Å². The maximum atomic E-state index is 12.4. The van der Waals surface area contributed by atoms with Gasteiger partial charge in [-0.3, -0.25) is 30.6 Å². The lowest BCUT2D eigenvalue weighted by atomic mass is 9.88. The van der Waals surface area contributed by atoms with Crippen LogP contribution in [0.15, 0.2) is 48.5 Å². The van der Waals surface area contributed by atoms with Crippen LogP contribution in [0.1, 0.15) is 66.2 Å². The van der Waals surface area contributed by atoms with Gasteiger partial charge in [0.15, 0.2) is 5.11 Å². The average Bonchev–Trinajstić information content (AvgIpc) is 2.87. The number of carbonyl (C=O) groups excluding carboxylic acids is 3. The van der Waals surface area contributed by atoms with Gasteiger partial charge in [0.25, 0.3) is 11.8 Å². The van der Waals surface area contributed by atoms with Gasteiger partial charge < -0.3 is 10.1 Å². The van der Waals surface area contributed by atoms with Crippen LogP contribution in [0, 0.1) is 5.92 Å². The van der Waals surface area contributed by atoms with Crippen LogP contribution in [-0.2, 0) is 4.79 Å². The molecule has 1 saturated carbocycles. The second-order valence-corrected chi connectivity index (χ2v) is 8.55. The molecule has 4 N–H and O–H groups in total. The maximum Gasteiger partial charge on any atom is 0.269 e. The number of amides is 3. The molecule has 0 aliphatic heterocycles. The molecular weight excluding hydrogens is 452 g/mol. The number of nitrogens with one attached hydrogen (secondary N) is 4. The van der Waals surface area contributed by atoms with Crippen molar-refractivity contribution in [1.29, 1.82) is 0 Å². The third-order valence-corrected chi connectivity index (χ3v) is 5.68. The van der Waals surface area contributed by atoms with Gasteiger partial charge in [-0.25, -0.2) is 0 Å². The molecule has 1 fully saturated rings. The summed E-state index contributed by atoms with van der Waals surface area (Å²) in [6.45, 7) is 2.56. The van der Waals surface area contributed by atoms with E-state index in [0.717, 1.165) is 32.1 Å². The van der Waals surface area contributed by atoms with Crippen molar-refractivity contribution in [2.24, 2.45) is 5.92 Å². The molecule has 0 spiro atoms. The predicted molar refractivity (Wildman–Crippen MR) is 135 cm³/mol. The number of carbonyl (C=O) groups is 3. The first-order valence-corrected chi connectivity index (χ1v) is 11.9. The van der Waals surface area contributed by atoms with Crippen LogP contribution in [0.3, 0.4) is 0 Å². The molecule has 0 unspecified atom stereocenters. The van der Waals surface area contributed by atoms with E-state index >= 15 is 0 Å². The Morgan fingerprint density at radius 1 is 0.941 bits per heavy atom. The van der Waals surface area contributed by atoms with E-state index in [-0.39, 0.29) is 16.9 Å². The highest BCUT2D eigenvalue weighted by Crippen LogP contribution is 2.25. The van der Waals surface area contributed by atoms with Gasteiger partial charge in [-0.2, -0.15) is 0 Å². The van der Waals surface area contributed by atoms with E-state index in [1.807, 2.05) is 6.92 Å². The van der Waals surface area contributed by atoms with Crippen LogP contribution in [0.5, 0.6) is 5.75 Å². The number of ether oxygens (including phenoxy) is 1. The number of benzene rings is 2. The zero-order chi connectivity index (χ0) is 24.3. The van der Waals surface area contributed by atoms with Crippen LogP contribution in [0.2, 0.25) is 0 Å². The summed E-state index contributed by atoms with van der Waals surface area (Å²) in [5, 5.41) is 5.38. The van der Waals surface area contributed by atoms with Crippen molar-refractivity contribution in [2.75, 3.05) is 11.9 Å². The fraction of sp³-hybridized carbons (Fsp3) is 0.360. The van der Waals surface area contributed by atoms with E-state index in [9.17, 15) is 14.4 Å². The Morgan fingerprint density at radius 2 is 1.68 bits per heavy atom. The number of rotatable bonds is 7. The highest BCUT2D eigenvalue weighted by Gasteiger charge is 2.21. The summed E-state index contributed by atoms with van der Waals surface area (Å²) in [7, 11) is 0. The lowest BCUT2D eigenvalue weighted by molar-refractivity contribution is -0.120. The van der Waals surface area contributed by atoms with Crippen molar-refractivity contribution in [2.45, 2.75) is 45.4 Å². The van der Waals surface area contributed by atoms with Gasteiger partial charge in [-0.05, 0) is 73.9 Å². The van der Waals surface area contributed by atoms with Crippen molar-refractivity contribution >= 4 is 40.7 Å². The normalized spacial score (nSPS) is 13.4. The zero-order valence-corrected chi connectivity index (χ0v) is 20.0. The molecule has 3 rings (SSSR count). The first kappa shape index (κ1) is 25.2. The van der Waals surface area contributed by atoms with E-state index in [1.165, 1.54) is 6.42 Å². The van der Waals surface area contributed by atoms with Gasteiger partial charge in [0.05, 0.1) is 6.61 Å². The van der Waals surface area contributed by atoms with E-state index in [2.05, 4.69) is 21.5 Å². The monoisotopic (exact) mass is 482 g/mol. The second kappa shape index (κ2) is 12.7. The molecule has 2 aromatic rings. The smallest absolute Gasteiger partial charge is 0.269 e. The van der Waals surface area contributed by atoms with Gasteiger partial charge in [-0.15, -0.1) is 0 Å². The first-order valence-electron chi connectivity index (χ1n) is 11.5. The minimum Gasteiger partial charge on any atom is -0.494 e. The molecule has 1 aliphatic rings. The Hall–Kier alpha value is -3.46. The molecule has 0 heterocycles. The number of hydrogen-bond acceptors (Lipinski definition) is 5. The lowest BCUT2D eigenvalue weighted by Gasteiger charge is -2.20. The highest BCUT2D eigenvalue weighted by atomic mass is 32.1. The Morgan fingerprint density at radius 3 is 2.38 bits per heavy atom. The van der Waals surface area contributed by atoms with E-state index in [0.29, 0.717) is 29.2 Å². The molecule has 2 aromatic carbocycles. The van der Waals surface area contributed by atoms with Crippen LogP contribution in [0.4, 0.5) is 5.69 Å². The van der Waals surface area contributed by atoms with Gasteiger partial charge in [0.1, 0.15) is 5.75 Å². The van der Waals surface area contributed by atoms with Crippen molar-refractivity contribution in [3.63, 3.8) is 0 Å². The third kappa shape index (κ3) is 7.55. The predicted octanol–water partition coefficient (Wildman–Crippen LogP) is 3.94. The molecule has 34 heavy (non-hydrogen) atoms. The molecule has 0 atom stereocenters. The van der Waals surface area contributed by atoms with Gasteiger partial charge in [-0.1, -0.05) is 32.3 Å². The largest absolute Gasteiger partial charge is 0.494 e. The quantitative estimate of drug-likeness (QED) is 0.352. The Labute approximate surface area is 204 Å². The highest BCUT2D eigenvalue weighted by molar-refractivity contribution is 7.80. The minimum atomic E-state index is -0.434. The third-order valence-electron chi connectivity index (χ3n) is 5.48. The number of hydrogen-bond donors (Lipinski definition) is 4. The summed E-state index contributed by atoms with van der Waals surface area (Å²) in [5.41, 5.74) is 6.37. The zero-order valence-electron chi connectivity index (χ0n) is 19.2. The molecule has 1 aliphatic carbocycles. The maximum absolute atomic E-state index is 12.4. The van der Waals surface area contributed by atoms with Crippen LogP contribution < -0.4 is 26.2 Å². The molecule has 3 amide bonds. The summed E-state index contributed by atoms with van der Waals surface area (Å²) in [4.78, 5) is 37.1. The standard InChI is InChI=1S/C25H30N4O4S/c1-2-15-33-21-10-6-9-19(16-21)23(31)27-25(34)29-28-24(32)18-11-13-20(14-12-18)26-22(30)17-7-4-3-5-8-17/h6,9-14,16-17H,2-5,7-8,15H2,1H3,(H,26,30)(H,28,32)(H2,27,29,31,34). The van der Waals surface area contributed by atoms with Gasteiger partial charge >= 0.3 is 0 Å². The number of thiocarbonyl (C=S) groups is 1. The fourth-order valence-electron chi connectivity index (χ4n) is 3.65. The Bertz CT molecular complexity index is 1020. The van der Waals surface area contributed by atoms with Crippen LogP contribution in [0.25, 0.3) is 0 Å². The molecule has 9 heteroatoms. The summed E-state index contributed by atoms with van der Waals surface area (Å²) >= 11 is 5.10. The molecule has 0 bridgehead atoms. The molecule has 180 valence electrons. The van der Waals surface area contributed by atoms with Crippen molar-refractivity contribution in [3.8, 4) is 5.75 Å². The number of hydrazine groups is 1. The fourth-order valence-corrected chi connectivity index (χ4v) is 3.80. The van der Waals surface area contributed by atoms with Crippen LogP contribution >= 0.6 is 12.2 Å². The molecular formula is C25H30N4O4S. The second-order valence-electron chi connectivity index (χ2n) is 8.14. The van der Waals surface area contributed by atoms with Crippen LogP contribution in [-0.4, -0.2) is 29.4 Å². The molecule has 0 radical (unpaired) electrons. The Balaban J connectivity index is 1.45. The summed E-state index contributed by atoms with van der Waals surface area (Å²) in [5.74, 6) is -0.172. The minimum absolute atomic E-state index is 0.0297. The summed E-state index contributed by atoms with van der Waals surface area (Å²) in [6.07, 6.45) is 6.08. The van der Waals surface area contributed by atoms with E-state index in [4.69, 9.17) is 17.0 Å². The SMILES string of the molecule is CCCOc1cccc(C(=O)NC(=S)NNC(=O)c2ccc(NC(=O)C3CCCCC3)cc2)c1. The Kier molecular flexibility index (Phi) is 9.40. The molecule has 8 nitrogen and oxygen atoms in total. The average molecular weight is 483 g/mol. The van der Waals surface area contributed by atoms with Gasteiger partial charge in [0.2, 0.25) is 5.91 Å². The lowest BCUT2D eigenvalue weighted by Crippen LogP contribution is -2.48. The van der Waals surface area contributed by atoms with Crippen molar-refractivity contribution < 1.29 is 19.1 Å². The van der Waals surface area contributed by atoms with Crippen molar-refractivity contribution in [3.05, 3.63) is 59.7 Å². The topological polar surface area (TPSA) is 109 Å². The number of anilines is 1. The van der Waals surface area contributed by atoms with Crippen molar-refractivity contribution in [1.82, 2.24) is 16.2 Å². The van der Waals surface area contributed by atoms with E-state index in [1.54, 1.807) is 48.5 Å². The van der Waals surface area contributed by atoms with Gasteiger partial charge in [0, 0.05) is 22.7 Å².